The first-order chi connectivity index (χ1) is 9.45. The molecule has 1 unspecified atom stereocenters. The topological polar surface area (TPSA) is 21.8 Å². The summed E-state index contributed by atoms with van der Waals surface area (Å²) in [5, 5.41) is 0. The summed E-state index contributed by atoms with van der Waals surface area (Å²) in [5.41, 5.74) is 1.46. The lowest BCUT2D eigenvalue weighted by atomic mass is 10.1. The van der Waals surface area contributed by atoms with Crippen LogP contribution in [0.25, 0.3) is 0 Å². The standard InChI is InChI=1S/C17H25O2/c1(2-4-9-13-18-14-17-15-19-17)3-6-10-16-11-7-5-8-12-16/h5,7-8,11-13,17H,1-4,6,9-10,14-15H2. The Bertz CT molecular complexity index is 319. The molecule has 0 aromatic heterocycles. The Morgan fingerprint density at radius 2 is 1.79 bits per heavy atom. The molecule has 19 heavy (non-hydrogen) atoms. The highest BCUT2D eigenvalue weighted by atomic mass is 16.6. The quantitative estimate of drug-likeness (QED) is 0.441. The third-order valence-electron chi connectivity index (χ3n) is 3.43. The van der Waals surface area contributed by atoms with Crippen LogP contribution in [0.5, 0.6) is 0 Å². The number of hydrogen-bond donors (Lipinski definition) is 0. The van der Waals surface area contributed by atoms with E-state index in [0.29, 0.717) is 6.10 Å². The fourth-order valence-corrected chi connectivity index (χ4v) is 2.15. The second-order valence-corrected chi connectivity index (χ2v) is 5.25. The predicted octanol–water partition coefficient (Wildman–Crippen LogP) is 4.15. The van der Waals surface area contributed by atoms with E-state index in [0.717, 1.165) is 19.6 Å². The van der Waals surface area contributed by atoms with Crippen LogP contribution in [0.15, 0.2) is 30.3 Å². The fourth-order valence-electron chi connectivity index (χ4n) is 2.15. The monoisotopic (exact) mass is 261 g/mol. The molecule has 2 heteroatoms. The Morgan fingerprint density at radius 1 is 1.05 bits per heavy atom. The van der Waals surface area contributed by atoms with E-state index >= 15 is 0 Å². The molecule has 0 spiro atoms. The Balaban J connectivity index is 1.32. The van der Waals surface area contributed by atoms with Gasteiger partial charge in [0.1, 0.15) is 6.10 Å². The third-order valence-corrected chi connectivity index (χ3v) is 3.43. The third kappa shape index (κ3) is 7.34. The molecular formula is C17H25O2. The molecular weight excluding hydrogens is 236 g/mol. The zero-order valence-electron chi connectivity index (χ0n) is 11.7. The molecule has 0 amide bonds. The van der Waals surface area contributed by atoms with Crippen LogP contribution in [0.4, 0.5) is 0 Å². The lowest BCUT2D eigenvalue weighted by molar-refractivity contribution is 0.165. The van der Waals surface area contributed by atoms with Crippen LogP contribution in [0.1, 0.15) is 44.1 Å². The second kappa shape index (κ2) is 9.11. The number of unbranched alkanes of at least 4 members (excludes halogenated alkanes) is 5. The lowest BCUT2D eigenvalue weighted by Gasteiger charge is -2.03. The molecule has 1 aromatic carbocycles. The van der Waals surface area contributed by atoms with Gasteiger partial charge >= 0.3 is 0 Å². The van der Waals surface area contributed by atoms with Crippen LogP contribution < -0.4 is 0 Å². The molecule has 0 aliphatic carbocycles. The Morgan fingerprint density at radius 3 is 2.58 bits per heavy atom. The van der Waals surface area contributed by atoms with Gasteiger partial charge in [-0.1, -0.05) is 56.0 Å². The number of benzene rings is 1. The van der Waals surface area contributed by atoms with Gasteiger partial charge < -0.3 is 9.47 Å². The average molecular weight is 261 g/mol. The Labute approximate surface area is 117 Å². The van der Waals surface area contributed by atoms with E-state index in [-0.39, 0.29) is 0 Å². The molecule has 2 rings (SSSR count). The number of ether oxygens (including phenoxy) is 2. The maximum absolute atomic E-state index is 5.39. The van der Waals surface area contributed by atoms with Gasteiger partial charge in [0.05, 0.1) is 19.8 Å². The highest BCUT2D eigenvalue weighted by Gasteiger charge is 2.21. The molecule has 1 aliphatic heterocycles. The molecule has 1 fully saturated rings. The highest BCUT2D eigenvalue weighted by Crippen LogP contribution is 2.12. The van der Waals surface area contributed by atoms with Crippen LogP contribution in [0, 0.1) is 6.61 Å². The van der Waals surface area contributed by atoms with E-state index < -0.39 is 0 Å². The Kier molecular flexibility index (Phi) is 6.97. The van der Waals surface area contributed by atoms with E-state index in [4.69, 9.17) is 9.47 Å². The van der Waals surface area contributed by atoms with Gasteiger partial charge in [0.25, 0.3) is 0 Å². The second-order valence-electron chi connectivity index (χ2n) is 5.25. The van der Waals surface area contributed by atoms with Crippen LogP contribution in [0.2, 0.25) is 0 Å². The molecule has 0 saturated carbocycles. The first kappa shape index (κ1) is 14.5. The van der Waals surface area contributed by atoms with Crippen LogP contribution in [-0.4, -0.2) is 19.3 Å². The SMILES string of the molecule is [CH](CCCCCCCc1ccccc1)OCC1CO1. The van der Waals surface area contributed by atoms with Gasteiger partial charge in [0.15, 0.2) is 0 Å². The van der Waals surface area contributed by atoms with E-state index in [9.17, 15) is 0 Å². The largest absolute Gasteiger partial charge is 0.373 e. The van der Waals surface area contributed by atoms with Gasteiger partial charge in [-0.05, 0) is 24.8 Å². The number of rotatable bonds is 11. The molecule has 1 saturated heterocycles. The minimum absolute atomic E-state index is 0.384. The molecule has 0 bridgehead atoms. The van der Waals surface area contributed by atoms with Gasteiger partial charge in [-0.2, -0.15) is 0 Å². The van der Waals surface area contributed by atoms with Crippen LogP contribution in [-0.2, 0) is 15.9 Å². The van der Waals surface area contributed by atoms with Crippen LogP contribution >= 0.6 is 0 Å². The van der Waals surface area contributed by atoms with Gasteiger partial charge in [0.2, 0.25) is 0 Å². The summed E-state index contributed by atoms with van der Waals surface area (Å²) in [6, 6.07) is 10.8. The maximum Gasteiger partial charge on any atom is 0.104 e. The number of epoxide rings is 1. The minimum Gasteiger partial charge on any atom is -0.373 e. The first-order valence-corrected chi connectivity index (χ1v) is 7.54. The zero-order valence-corrected chi connectivity index (χ0v) is 11.7. The number of aryl methyl sites for hydroxylation is 1. The maximum atomic E-state index is 5.39. The van der Waals surface area contributed by atoms with E-state index in [1.165, 1.54) is 44.1 Å². The van der Waals surface area contributed by atoms with Crippen molar-refractivity contribution < 1.29 is 9.47 Å². The molecule has 0 N–H and O–H groups in total. The van der Waals surface area contributed by atoms with Crippen LogP contribution in [0.3, 0.4) is 0 Å². The van der Waals surface area contributed by atoms with Crippen molar-refractivity contribution in [1.82, 2.24) is 0 Å². The summed E-state index contributed by atoms with van der Waals surface area (Å²) < 4.78 is 10.5. The van der Waals surface area contributed by atoms with Crippen molar-refractivity contribution in [3.05, 3.63) is 42.5 Å². The normalized spacial score (nSPS) is 17.6. The smallest absolute Gasteiger partial charge is 0.104 e. The molecule has 1 aromatic rings. The average Bonchev–Trinajstić information content (AvgIpc) is 3.26. The zero-order chi connectivity index (χ0) is 13.2. The van der Waals surface area contributed by atoms with Crippen molar-refractivity contribution in [2.45, 2.75) is 51.0 Å². The van der Waals surface area contributed by atoms with Gasteiger partial charge in [-0.15, -0.1) is 0 Å². The summed E-state index contributed by atoms with van der Waals surface area (Å²) in [6.07, 6.45) is 9.23. The molecule has 1 atom stereocenters. The molecule has 105 valence electrons. The van der Waals surface area contributed by atoms with Crippen molar-refractivity contribution >= 4 is 0 Å². The van der Waals surface area contributed by atoms with Gasteiger partial charge in [0, 0.05) is 0 Å². The molecule has 1 aliphatic rings. The van der Waals surface area contributed by atoms with Crippen molar-refractivity contribution in [1.29, 1.82) is 0 Å². The van der Waals surface area contributed by atoms with E-state index in [1.807, 2.05) is 6.61 Å². The number of hydrogen-bond acceptors (Lipinski definition) is 2. The molecule has 1 radical (unpaired) electrons. The lowest BCUT2D eigenvalue weighted by Crippen LogP contribution is -1.98. The fraction of sp³-hybridized carbons (Fsp3) is 0.588. The van der Waals surface area contributed by atoms with Crippen molar-refractivity contribution in [3.63, 3.8) is 0 Å². The van der Waals surface area contributed by atoms with E-state index in [2.05, 4.69) is 30.3 Å². The summed E-state index contributed by atoms with van der Waals surface area (Å²) >= 11 is 0. The van der Waals surface area contributed by atoms with Crippen molar-refractivity contribution in [2.75, 3.05) is 13.2 Å². The minimum atomic E-state index is 0.384. The van der Waals surface area contributed by atoms with Crippen molar-refractivity contribution in [2.24, 2.45) is 0 Å². The first-order valence-electron chi connectivity index (χ1n) is 7.54. The van der Waals surface area contributed by atoms with E-state index in [1.54, 1.807) is 0 Å². The Hall–Kier alpha value is -0.860. The molecule has 1 heterocycles. The summed E-state index contributed by atoms with van der Waals surface area (Å²) in [5.74, 6) is 0. The highest BCUT2D eigenvalue weighted by molar-refractivity contribution is 5.14. The predicted molar refractivity (Wildman–Crippen MR) is 77.8 cm³/mol. The molecule has 2 nitrogen and oxygen atoms in total. The summed E-state index contributed by atoms with van der Waals surface area (Å²) in [7, 11) is 0. The summed E-state index contributed by atoms with van der Waals surface area (Å²) in [6.45, 7) is 3.58. The van der Waals surface area contributed by atoms with Gasteiger partial charge in [-0.25, -0.2) is 0 Å². The van der Waals surface area contributed by atoms with Gasteiger partial charge in [-0.3, -0.25) is 0 Å². The van der Waals surface area contributed by atoms with Crippen molar-refractivity contribution in [3.8, 4) is 0 Å². The summed E-state index contributed by atoms with van der Waals surface area (Å²) in [4.78, 5) is 0.